The Kier molecular flexibility index (Phi) is 4.86. The summed E-state index contributed by atoms with van der Waals surface area (Å²) < 4.78 is 0.746. The molecule has 0 aliphatic rings. The number of rotatable bonds is 3. The van der Waals surface area contributed by atoms with Crippen LogP contribution in [0.15, 0.2) is 33.6 Å². The zero-order valence-corrected chi connectivity index (χ0v) is 13.9. The van der Waals surface area contributed by atoms with E-state index in [0.717, 1.165) is 0 Å². The van der Waals surface area contributed by atoms with E-state index in [4.69, 9.17) is 11.6 Å². The molecule has 7 nitrogen and oxygen atoms in total. The van der Waals surface area contributed by atoms with Crippen LogP contribution in [0.5, 0.6) is 0 Å². The number of benzene rings is 1. The van der Waals surface area contributed by atoms with Crippen molar-refractivity contribution in [2.45, 2.75) is 0 Å². The van der Waals surface area contributed by atoms with E-state index in [-0.39, 0.29) is 26.7 Å². The highest BCUT2D eigenvalue weighted by molar-refractivity contribution is 9.11. The third-order valence-corrected chi connectivity index (χ3v) is 3.60. The topological polar surface area (TPSA) is 98.0 Å². The average Bonchev–Trinajstić information content (AvgIpc) is 2.41. The smallest absolute Gasteiger partial charge is 0.283 e. The van der Waals surface area contributed by atoms with Gasteiger partial charge in [-0.25, -0.2) is 9.97 Å². The summed E-state index contributed by atoms with van der Waals surface area (Å²) in [5.41, 5.74) is -0.623. The second-order valence-electron chi connectivity index (χ2n) is 3.68. The van der Waals surface area contributed by atoms with Gasteiger partial charge in [0.2, 0.25) is 0 Å². The van der Waals surface area contributed by atoms with Gasteiger partial charge in [0.05, 0.1) is 16.1 Å². The molecule has 0 fully saturated rings. The molecule has 1 amide bonds. The minimum absolute atomic E-state index is 0.0251. The van der Waals surface area contributed by atoms with Crippen molar-refractivity contribution in [2.75, 3.05) is 5.32 Å². The zero-order valence-electron chi connectivity index (χ0n) is 10.0. The Morgan fingerprint density at radius 1 is 1.38 bits per heavy atom. The van der Waals surface area contributed by atoms with Crippen LogP contribution in [-0.2, 0) is 0 Å². The molecule has 0 atom stereocenters. The average molecular weight is 436 g/mol. The van der Waals surface area contributed by atoms with Gasteiger partial charge < -0.3 is 5.32 Å². The van der Waals surface area contributed by atoms with Gasteiger partial charge in [-0.05, 0) is 37.9 Å². The third-order valence-electron chi connectivity index (χ3n) is 2.35. The van der Waals surface area contributed by atoms with Crippen molar-refractivity contribution in [2.24, 2.45) is 0 Å². The van der Waals surface area contributed by atoms with E-state index in [0.29, 0.717) is 4.60 Å². The predicted octanol–water partition coefficient (Wildman–Crippen LogP) is 3.82. The number of anilines is 1. The Morgan fingerprint density at radius 3 is 2.71 bits per heavy atom. The molecule has 0 saturated heterocycles. The normalized spacial score (nSPS) is 10.2. The summed E-state index contributed by atoms with van der Waals surface area (Å²) >= 11 is 12.1. The summed E-state index contributed by atoms with van der Waals surface area (Å²) in [6.07, 6.45) is 1.38. The Morgan fingerprint density at radius 2 is 2.10 bits per heavy atom. The maximum absolute atomic E-state index is 12.2. The van der Waals surface area contributed by atoms with Crippen LogP contribution in [0.1, 0.15) is 10.4 Å². The number of hydrogen-bond donors (Lipinski definition) is 1. The molecule has 0 aliphatic heterocycles. The number of carbonyl (C=O) groups is 1. The first-order chi connectivity index (χ1) is 9.90. The molecular formula is C11H5Br2ClN4O3. The Labute approximate surface area is 140 Å². The first-order valence-corrected chi connectivity index (χ1v) is 7.29. The van der Waals surface area contributed by atoms with Crippen molar-refractivity contribution < 1.29 is 9.72 Å². The van der Waals surface area contributed by atoms with E-state index < -0.39 is 10.8 Å². The molecule has 0 unspecified atom stereocenters. The molecule has 10 heteroatoms. The van der Waals surface area contributed by atoms with E-state index in [1.54, 1.807) is 0 Å². The predicted molar refractivity (Wildman–Crippen MR) is 83.5 cm³/mol. The standard InChI is InChI=1S/C11H5Br2ClN4O3/c12-7-4-15-10(9(13)16-7)17-11(19)8-5(14)2-1-3-6(8)18(20)21/h1-4H,(H,15,17,19). The minimum Gasteiger partial charge on any atom is -0.304 e. The van der Waals surface area contributed by atoms with E-state index in [2.05, 4.69) is 47.1 Å². The second kappa shape index (κ2) is 6.46. The molecule has 0 spiro atoms. The molecule has 21 heavy (non-hydrogen) atoms. The van der Waals surface area contributed by atoms with E-state index in [1.165, 1.54) is 24.4 Å². The lowest BCUT2D eigenvalue weighted by molar-refractivity contribution is -0.385. The Balaban J connectivity index is 2.39. The number of nitrogens with zero attached hydrogens (tertiary/aromatic N) is 3. The number of aromatic nitrogens is 2. The molecule has 0 radical (unpaired) electrons. The number of halogens is 3. The van der Waals surface area contributed by atoms with Crippen LogP contribution in [0.25, 0.3) is 0 Å². The fourth-order valence-electron chi connectivity index (χ4n) is 1.49. The summed E-state index contributed by atoms with van der Waals surface area (Å²) in [5, 5.41) is 13.4. The summed E-state index contributed by atoms with van der Waals surface area (Å²) in [7, 11) is 0. The van der Waals surface area contributed by atoms with Crippen molar-refractivity contribution in [3.8, 4) is 0 Å². The van der Waals surface area contributed by atoms with Crippen molar-refractivity contribution in [1.29, 1.82) is 0 Å². The van der Waals surface area contributed by atoms with Crippen LogP contribution in [0.3, 0.4) is 0 Å². The van der Waals surface area contributed by atoms with Gasteiger partial charge in [0.15, 0.2) is 5.82 Å². The lowest BCUT2D eigenvalue weighted by Gasteiger charge is -2.07. The number of carbonyl (C=O) groups excluding carboxylic acids is 1. The maximum atomic E-state index is 12.2. The molecule has 2 aromatic rings. The lowest BCUT2D eigenvalue weighted by Crippen LogP contribution is -2.16. The van der Waals surface area contributed by atoms with Crippen LogP contribution >= 0.6 is 43.5 Å². The quantitative estimate of drug-likeness (QED) is 0.583. The van der Waals surface area contributed by atoms with Gasteiger partial charge in [-0.3, -0.25) is 14.9 Å². The highest BCUT2D eigenvalue weighted by atomic mass is 79.9. The first kappa shape index (κ1) is 15.8. The molecule has 1 aromatic heterocycles. The highest BCUT2D eigenvalue weighted by Gasteiger charge is 2.24. The van der Waals surface area contributed by atoms with Crippen molar-refractivity contribution >= 4 is 60.9 Å². The van der Waals surface area contributed by atoms with Crippen molar-refractivity contribution in [3.63, 3.8) is 0 Å². The first-order valence-electron chi connectivity index (χ1n) is 5.32. The van der Waals surface area contributed by atoms with E-state index in [9.17, 15) is 14.9 Å². The van der Waals surface area contributed by atoms with E-state index in [1.807, 2.05) is 0 Å². The van der Waals surface area contributed by atoms with Gasteiger partial charge in [-0.1, -0.05) is 17.7 Å². The number of nitro benzene ring substituents is 1. The van der Waals surface area contributed by atoms with Crippen LogP contribution < -0.4 is 5.32 Å². The largest absolute Gasteiger partial charge is 0.304 e. The fourth-order valence-corrected chi connectivity index (χ4v) is 2.66. The number of nitro groups is 1. The van der Waals surface area contributed by atoms with E-state index >= 15 is 0 Å². The fraction of sp³-hybridized carbons (Fsp3) is 0. The van der Waals surface area contributed by atoms with Crippen LogP contribution in [0, 0.1) is 10.1 Å². The monoisotopic (exact) mass is 434 g/mol. The summed E-state index contributed by atoms with van der Waals surface area (Å²) in [4.78, 5) is 30.4. The van der Waals surface area contributed by atoms with Gasteiger partial charge in [-0.15, -0.1) is 0 Å². The van der Waals surface area contributed by atoms with Crippen molar-refractivity contribution in [1.82, 2.24) is 9.97 Å². The van der Waals surface area contributed by atoms with Crippen LogP contribution in [-0.4, -0.2) is 20.8 Å². The van der Waals surface area contributed by atoms with Crippen LogP contribution in [0.4, 0.5) is 11.5 Å². The summed E-state index contributed by atoms with van der Waals surface area (Å²) in [6, 6.07) is 3.99. The molecule has 1 aromatic carbocycles. The molecule has 108 valence electrons. The molecule has 1 N–H and O–H groups in total. The summed E-state index contributed by atoms with van der Waals surface area (Å²) in [5.74, 6) is -0.623. The summed E-state index contributed by atoms with van der Waals surface area (Å²) in [6.45, 7) is 0. The minimum atomic E-state index is -0.746. The number of amides is 1. The second-order valence-corrected chi connectivity index (χ2v) is 5.65. The van der Waals surface area contributed by atoms with Gasteiger partial charge >= 0.3 is 0 Å². The van der Waals surface area contributed by atoms with Gasteiger partial charge in [0.1, 0.15) is 14.8 Å². The highest BCUT2D eigenvalue weighted by Crippen LogP contribution is 2.28. The van der Waals surface area contributed by atoms with Gasteiger partial charge in [-0.2, -0.15) is 0 Å². The molecule has 1 heterocycles. The SMILES string of the molecule is O=C(Nc1ncc(Br)nc1Br)c1c(Cl)cccc1[N+](=O)[O-]. The Bertz CT molecular complexity index is 741. The lowest BCUT2D eigenvalue weighted by atomic mass is 10.1. The molecular weight excluding hydrogens is 431 g/mol. The third kappa shape index (κ3) is 3.55. The molecule has 0 saturated carbocycles. The van der Waals surface area contributed by atoms with Crippen molar-refractivity contribution in [3.05, 3.63) is 54.3 Å². The van der Waals surface area contributed by atoms with Crippen LogP contribution in [0.2, 0.25) is 5.02 Å². The van der Waals surface area contributed by atoms with Gasteiger partial charge in [0, 0.05) is 6.07 Å². The molecule has 2 rings (SSSR count). The zero-order chi connectivity index (χ0) is 15.6. The maximum Gasteiger partial charge on any atom is 0.283 e. The number of nitrogens with one attached hydrogen (secondary N) is 1. The van der Waals surface area contributed by atoms with Gasteiger partial charge in [0.25, 0.3) is 11.6 Å². The Hall–Kier alpha value is -1.58. The molecule has 0 bridgehead atoms. The number of hydrogen-bond acceptors (Lipinski definition) is 5. The molecule has 0 aliphatic carbocycles.